The van der Waals surface area contributed by atoms with Crippen LogP contribution in [-0.2, 0) is 9.53 Å². The van der Waals surface area contributed by atoms with E-state index in [0.29, 0.717) is 12.5 Å². The lowest BCUT2D eigenvalue weighted by atomic mass is 9.88. The lowest BCUT2D eigenvalue weighted by Gasteiger charge is -2.33. The summed E-state index contributed by atoms with van der Waals surface area (Å²) in [7, 11) is 1.83. The predicted molar refractivity (Wildman–Crippen MR) is 122 cm³/mol. The first kappa shape index (κ1) is 21.9. The van der Waals surface area contributed by atoms with Crippen molar-refractivity contribution in [1.82, 2.24) is 10.2 Å². The van der Waals surface area contributed by atoms with E-state index in [2.05, 4.69) is 75.9 Å². The zero-order chi connectivity index (χ0) is 21.2. The molecule has 2 aromatic carbocycles. The number of carbonyl (C=O) groups is 1. The highest BCUT2D eigenvalue weighted by molar-refractivity contribution is 5.80. The fourth-order valence-electron chi connectivity index (χ4n) is 4.14. The summed E-state index contributed by atoms with van der Waals surface area (Å²) in [6.45, 7) is 4.79. The average Bonchev–Trinajstić information content (AvgIpc) is 2.81. The Morgan fingerprint density at radius 3 is 2.13 bits per heavy atom. The zero-order valence-electron chi connectivity index (χ0n) is 18.1. The molecule has 0 radical (unpaired) electrons. The SMILES string of the molecule is CCOC(=O)C1CCN(C(=NC)NCCC(c2ccccc2)c2ccccc2)CC1. The molecule has 0 amide bonds. The van der Waals surface area contributed by atoms with Gasteiger partial charge in [-0.2, -0.15) is 0 Å². The maximum Gasteiger partial charge on any atom is 0.309 e. The van der Waals surface area contributed by atoms with Gasteiger partial charge in [-0.3, -0.25) is 9.79 Å². The van der Waals surface area contributed by atoms with Gasteiger partial charge in [0.05, 0.1) is 12.5 Å². The smallest absolute Gasteiger partial charge is 0.309 e. The van der Waals surface area contributed by atoms with E-state index in [9.17, 15) is 4.79 Å². The van der Waals surface area contributed by atoms with Crippen LogP contribution in [0.2, 0.25) is 0 Å². The molecule has 1 saturated heterocycles. The number of carbonyl (C=O) groups excluding carboxylic acids is 1. The fraction of sp³-hybridized carbons (Fsp3) is 0.440. The lowest BCUT2D eigenvalue weighted by molar-refractivity contribution is -0.149. The van der Waals surface area contributed by atoms with E-state index in [1.165, 1.54) is 11.1 Å². The minimum Gasteiger partial charge on any atom is -0.466 e. The van der Waals surface area contributed by atoms with Crippen LogP contribution in [0.25, 0.3) is 0 Å². The van der Waals surface area contributed by atoms with E-state index in [0.717, 1.165) is 44.9 Å². The summed E-state index contributed by atoms with van der Waals surface area (Å²) >= 11 is 0. The van der Waals surface area contributed by atoms with Gasteiger partial charge in [-0.25, -0.2) is 0 Å². The van der Waals surface area contributed by atoms with Gasteiger partial charge in [-0.15, -0.1) is 0 Å². The molecule has 1 aliphatic rings. The van der Waals surface area contributed by atoms with Crippen molar-refractivity contribution in [2.24, 2.45) is 10.9 Å². The van der Waals surface area contributed by atoms with Crippen molar-refractivity contribution in [2.75, 3.05) is 33.3 Å². The van der Waals surface area contributed by atoms with Gasteiger partial charge >= 0.3 is 5.97 Å². The number of nitrogens with zero attached hydrogens (tertiary/aromatic N) is 2. The third-order valence-corrected chi connectivity index (χ3v) is 5.75. The Labute approximate surface area is 180 Å². The molecule has 1 N–H and O–H groups in total. The Morgan fingerprint density at radius 1 is 1.07 bits per heavy atom. The molecule has 1 heterocycles. The maximum atomic E-state index is 12.0. The summed E-state index contributed by atoms with van der Waals surface area (Å²) < 4.78 is 5.18. The molecule has 0 spiro atoms. The average molecular weight is 408 g/mol. The van der Waals surface area contributed by atoms with Crippen LogP contribution < -0.4 is 5.32 Å². The van der Waals surface area contributed by atoms with Crippen LogP contribution in [0.1, 0.15) is 43.2 Å². The van der Waals surface area contributed by atoms with E-state index < -0.39 is 0 Å². The van der Waals surface area contributed by atoms with E-state index in [-0.39, 0.29) is 11.9 Å². The predicted octanol–water partition coefficient (Wildman–Crippen LogP) is 4.06. The number of likely N-dealkylation sites (tertiary alicyclic amines) is 1. The van der Waals surface area contributed by atoms with Gasteiger partial charge in [0.25, 0.3) is 0 Å². The number of esters is 1. The van der Waals surface area contributed by atoms with Gasteiger partial charge in [0, 0.05) is 32.6 Å². The summed E-state index contributed by atoms with van der Waals surface area (Å²) in [6.07, 6.45) is 2.61. The molecule has 0 unspecified atom stereocenters. The highest BCUT2D eigenvalue weighted by Gasteiger charge is 2.27. The Bertz CT molecular complexity index is 760. The first-order valence-electron chi connectivity index (χ1n) is 10.9. The van der Waals surface area contributed by atoms with Gasteiger partial charge in [0.2, 0.25) is 0 Å². The molecule has 0 saturated carbocycles. The maximum absolute atomic E-state index is 12.0. The van der Waals surface area contributed by atoms with Crippen molar-refractivity contribution in [2.45, 2.75) is 32.1 Å². The summed E-state index contributed by atoms with van der Waals surface area (Å²) in [5.74, 6) is 1.21. The van der Waals surface area contributed by atoms with E-state index in [1.807, 2.05) is 14.0 Å². The van der Waals surface area contributed by atoms with Gasteiger partial charge in [-0.05, 0) is 37.3 Å². The van der Waals surface area contributed by atoms with E-state index in [1.54, 1.807) is 0 Å². The molecular weight excluding hydrogens is 374 g/mol. The number of nitrogens with one attached hydrogen (secondary N) is 1. The molecule has 0 aliphatic carbocycles. The van der Waals surface area contributed by atoms with Crippen molar-refractivity contribution >= 4 is 11.9 Å². The van der Waals surface area contributed by atoms with Crippen LogP contribution >= 0.6 is 0 Å². The Balaban J connectivity index is 1.56. The van der Waals surface area contributed by atoms with Crippen LogP contribution in [-0.4, -0.2) is 50.1 Å². The number of piperidine rings is 1. The molecule has 30 heavy (non-hydrogen) atoms. The monoisotopic (exact) mass is 407 g/mol. The number of hydrogen-bond acceptors (Lipinski definition) is 3. The van der Waals surface area contributed by atoms with Crippen LogP contribution in [0, 0.1) is 5.92 Å². The molecule has 5 nitrogen and oxygen atoms in total. The van der Waals surface area contributed by atoms with Gasteiger partial charge < -0.3 is 15.0 Å². The van der Waals surface area contributed by atoms with E-state index >= 15 is 0 Å². The minimum absolute atomic E-state index is 0.0137. The summed E-state index contributed by atoms with van der Waals surface area (Å²) in [6, 6.07) is 21.3. The number of guanidine groups is 1. The van der Waals surface area contributed by atoms with E-state index in [4.69, 9.17) is 4.74 Å². The number of hydrogen-bond donors (Lipinski definition) is 1. The second-order valence-electron chi connectivity index (χ2n) is 7.65. The normalized spacial score (nSPS) is 15.3. The number of benzene rings is 2. The quantitative estimate of drug-likeness (QED) is 0.427. The molecule has 1 fully saturated rings. The molecule has 0 atom stereocenters. The molecular formula is C25H33N3O2. The minimum atomic E-state index is -0.0614. The topological polar surface area (TPSA) is 53.9 Å². The highest BCUT2D eigenvalue weighted by atomic mass is 16.5. The largest absolute Gasteiger partial charge is 0.466 e. The van der Waals surface area contributed by atoms with Crippen molar-refractivity contribution in [3.05, 3.63) is 71.8 Å². The highest BCUT2D eigenvalue weighted by Crippen LogP contribution is 2.27. The Morgan fingerprint density at radius 2 is 1.63 bits per heavy atom. The molecule has 160 valence electrons. The zero-order valence-corrected chi connectivity index (χ0v) is 18.1. The molecule has 2 aromatic rings. The van der Waals surface area contributed by atoms with Gasteiger partial charge in [-0.1, -0.05) is 60.7 Å². The van der Waals surface area contributed by atoms with Gasteiger partial charge in [0.15, 0.2) is 5.96 Å². The first-order valence-corrected chi connectivity index (χ1v) is 10.9. The summed E-state index contributed by atoms with van der Waals surface area (Å²) in [5.41, 5.74) is 2.66. The third kappa shape index (κ3) is 5.85. The van der Waals surface area contributed by atoms with Crippen LogP contribution in [0.15, 0.2) is 65.7 Å². The van der Waals surface area contributed by atoms with Crippen molar-refractivity contribution in [1.29, 1.82) is 0 Å². The lowest BCUT2D eigenvalue weighted by Crippen LogP contribution is -2.47. The molecule has 0 bridgehead atoms. The van der Waals surface area contributed by atoms with Crippen LogP contribution in [0.5, 0.6) is 0 Å². The third-order valence-electron chi connectivity index (χ3n) is 5.75. The second-order valence-corrected chi connectivity index (χ2v) is 7.65. The first-order chi connectivity index (χ1) is 14.7. The van der Waals surface area contributed by atoms with Crippen molar-refractivity contribution in [3.63, 3.8) is 0 Å². The number of ether oxygens (including phenoxy) is 1. The molecule has 3 rings (SSSR count). The van der Waals surface area contributed by atoms with Crippen molar-refractivity contribution in [3.8, 4) is 0 Å². The molecule has 5 heteroatoms. The Hall–Kier alpha value is -2.82. The number of rotatable bonds is 7. The Kier molecular flexibility index (Phi) is 8.30. The number of aliphatic imine (C=N–C) groups is 1. The summed E-state index contributed by atoms with van der Waals surface area (Å²) in [5, 5.41) is 3.54. The molecule has 0 aromatic heterocycles. The second kappa shape index (κ2) is 11.4. The molecule has 1 aliphatic heterocycles. The van der Waals surface area contributed by atoms with Gasteiger partial charge in [0.1, 0.15) is 0 Å². The van der Waals surface area contributed by atoms with Crippen LogP contribution in [0.3, 0.4) is 0 Å². The van der Waals surface area contributed by atoms with Crippen molar-refractivity contribution < 1.29 is 9.53 Å². The standard InChI is InChI=1S/C25H33N3O2/c1-3-30-24(29)22-15-18-28(19-16-22)25(26-2)27-17-14-23(20-10-6-4-7-11-20)21-12-8-5-9-13-21/h4-13,22-23H,3,14-19H2,1-2H3,(H,26,27). The summed E-state index contributed by atoms with van der Waals surface area (Å²) in [4.78, 5) is 18.7. The van der Waals surface area contributed by atoms with Crippen LogP contribution in [0.4, 0.5) is 0 Å². The fourth-order valence-corrected chi connectivity index (χ4v) is 4.14.